The Kier molecular flexibility index (Phi) is 2.41. The SMILES string of the molecule is Nc1ccc2[nH]c(=O)n(C3CCC(=O)NC3=O)c2c1. The normalized spacial score (nSPS) is 19.7. The number of carbonyl (C=O) groups excluding carboxylic acids is 2. The van der Waals surface area contributed by atoms with Gasteiger partial charge in [0.1, 0.15) is 6.04 Å². The van der Waals surface area contributed by atoms with Crippen LogP contribution in [0.4, 0.5) is 5.69 Å². The van der Waals surface area contributed by atoms with Crippen molar-refractivity contribution < 1.29 is 9.59 Å². The molecule has 0 saturated carbocycles. The van der Waals surface area contributed by atoms with E-state index in [1.807, 2.05) is 0 Å². The van der Waals surface area contributed by atoms with Crippen molar-refractivity contribution in [2.24, 2.45) is 0 Å². The van der Waals surface area contributed by atoms with Gasteiger partial charge in [0.25, 0.3) is 0 Å². The Balaban J connectivity index is 2.17. The Morgan fingerprint density at radius 3 is 2.79 bits per heavy atom. The molecule has 0 spiro atoms. The summed E-state index contributed by atoms with van der Waals surface area (Å²) in [5.41, 5.74) is 7.02. The van der Waals surface area contributed by atoms with Crippen LogP contribution in [0.5, 0.6) is 0 Å². The highest BCUT2D eigenvalue weighted by Crippen LogP contribution is 2.23. The summed E-state index contributed by atoms with van der Waals surface area (Å²) in [4.78, 5) is 37.6. The van der Waals surface area contributed by atoms with Crippen molar-refractivity contribution in [1.82, 2.24) is 14.9 Å². The minimum Gasteiger partial charge on any atom is -0.399 e. The van der Waals surface area contributed by atoms with Crippen molar-refractivity contribution in [3.05, 3.63) is 28.7 Å². The zero-order valence-corrected chi connectivity index (χ0v) is 9.97. The number of benzene rings is 1. The number of aromatic amines is 1. The van der Waals surface area contributed by atoms with Crippen LogP contribution in [-0.4, -0.2) is 21.4 Å². The average molecular weight is 260 g/mol. The maximum atomic E-state index is 12.0. The second kappa shape index (κ2) is 3.98. The van der Waals surface area contributed by atoms with E-state index < -0.39 is 11.9 Å². The molecule has 1 aliphatic heterocycles. The summed E-state index contributed by atoms with van der Waals surface area (Å²) in [6, 6.07) is 4.32. The Morgan fingerprint density at radius 1 is 1.26 bits per heavy atom. The van der Waals surface area contributed by atoms with Crippen molar-refractivity contribution in [1.29, 1.82) is 0 Å². The molecule has 0 bridgehead atoms. The molecule has 4 N–H and O–H groups in total. The summed E-state index contributed by atoms with van der Waals surface area (Å²) < 4.78 is 1.35. The zero-order valence-electron chi connectivity index (χ0n) is 9.97. The minimum atomic E-state index is -0.680. The van der Waals surface area contributed by atoms with Crippen LogP contribution in [0.15, 0.2) is 23.0 Å². The number of amides is 2. The van der Waals surface area contributed by atoms with Crippen LogP contribution in [0, 0.1) is 0 Å². The molecule has 2 amide bonds. The van der Waals surface area contributed by atoms with Crippen molar-refractivity contribution in [3.8, 4) is 0 Å². The topological polar surface area (TPSA) is 110 Å². The summed E-state index contributed by atoms with van der Waals surface area (Å²) in [5.74, 6) is -0.768. The van der Waals surface area contributed by atoms with E-state index in [1.54, 1.807) is 18.2 Å². The Labute approximate surface area is 107 Å². The highest BCUT2D eigenvalue weighted by atomic mass is 16.2. The summed E-state index contributed by atoms with van der Waals surface area (Å²) >= 11 is 0. The van der Waals surface area contributed by atoms with Gasteiger partial charge in [0.15, 0.2) is 0 Å². The van der Waals surface area contributed by atoms with Gasteiger partial charge in [-0.3, -0.25) is 19.5 Å². The molecule has 7 heteroatoms. The van der Waals surface area contributed by atoms with E-state index in [0.29, 0.717) is 23.1 Å². The van der Waals surface area contributed by atoms with E-state index in [2.05, 4.69) is 10.3 Å². The number of nitrogens with zero attached hydrogens (tertiary/aromatic N) is 1. The van der Waals surface area contributed by atoms with Crippen molar-refractivity contribution >= 4 is 28.5 Å². The number of imidazole rings is 1. The van der Waals surface area contributed by atoms with Gasteiger partial charge in [-0.1, -0.05) is 0 Å². The maximum absolute atomic E-state index is 12.0. The molecule has 1 unspecified atom stereocenters. The molecule has 1 aromatic carbocycles. The molecule has 19 heavy (non-hydrogen) atoms. The van der Waals surface area contributed by atoms with Gasteiger partial charge in [-0.15, -0.1) is 0 Å². The third-order valence-corrected chi connectivity index (χ3v) is 3.26. The van der Waals surface area contributed by atoms with Crippen LogP contribution in [0.2, 0.25) is 0 Å². The number of rotatable bonds is 1. The molecule has 1 fully saturated rings. The van der Waals surface area contributed by atoms with Gasteiger partial charge in [-0.05, 0) is 24.6 Å². The van der Waals surface area contributed by atoms with Gasteiger partial charge < -0.3 is 10.7 Å². The average Bonchev–Trinajstić information content (AvgIpc) is 2.65. The fourth-order valence-electron chi connectivity index (χ4n) is 2.38. The molecule has 1 atom stereocenters. The quantitative estimate of drug-likeness (QED) is 0.490. The lowest BCUT2D eigenvalue weighted by Gasteiger charge is -2.21. The van der Waals surface area contributed by atoms with Gasteiger partial charge in [-0.25, -0.2) is 4.79 Å². The first-order chi connectivity index (χ1) is 9.06. The van der Waals surface area contributed by atoms with Gasteiger partial charge in [0.2, 0.25) is 11.8 Å². The number of nitrogen functional groups attached to an aromatic ring is 1. The second-order valence-electron chi connectivity index (χ2n) is 4.54. The number of hydrogen-bond acceptors (Lipinski definition) is 4. The molecular weight excluding hydrogens is 248 g/mol. The first kappa shape index (κ1) is 11.5. The van der Waals surface area contributed by atoms with Crippen LogP contribution in [-0.2, 0) is 9.59 Å². The highest BCUT2D eigenvalue weighted by molar-refractivity contribution is 6.00. The number of H-pyrrole nitrogens is 1. The zero-order chi connectivity index (χ0) is 13.6. The largest absolute Gasteiger partial charge is 0.399 e. The summed E-state index contributed by atoms with van der Waals surface area (Å²) in [6.07, 6.45) is 0.532. The van der Waals surface area contributed by atoms with Crippen molar-refractivity contribution in [2.75, 3.05) is 5.73 Å². The van der Waals surface area contributed by atoms with Crippen molar-refractivity contribution in [3.63, 3.8) is 0 Å². The third-order valence-electron chi connectivity index (χ3n) is 3.26. The van der Waals surface area contributed by atoms with Crippen LogP contribution in [0.25, 0.3) is 11.0 Å². The highest BCUT2D eigenvalue weighted by Gasteiger charge is 2.30. The van der Waals surface area contributed by atoms with Crippen LogP contribution in [0.1, 0.15) is 18.9 Å². The predicted octanol–water partition coefficient (Wildman–Crippen LogP) is -0.111. The molecular formula is C12H12N4O3. The smallest absolute Gasteiger partial charge is 0.327 e. The number of anilines is 1. The predicted molar refractivity (Wildman–Crippen MR) is 68.4 cm³/mol. The summed E-state index contributed by atoms with van der Waals surface area (Å²) in [7, 11) is 0. The Hall–Kier alpha value is -2.57. The van der Waals surface area contributed by atoms with E-state index in [9.17, 15) is 14.4 Å². The number of nitrogens with one attached hydrogen (secondary N) is 2. The van der Waals surface area contributed by atoms with Gasteiger partial charge >= 0.3 is 5.69 Å². The molecule has 1 aromatic heterocycles. The Morgan fingerprint density at radius 2 is 2.05 bits per heavy atom. The monoisotopic (exact) mass is 260 g/mol. The summed E-state index contributed by atoms with van der Waals surface area (Å²) in [6.45, 7) is 0. The fraction of sp³-hybridized carbons (Fsp3) is 0.250. The number of carbonyl (C=O) groups is 2. The van der Waals surface area contributed by atoms with E-state index in [0.717, 1.165) is 0 Å². The van der Waals surface area contributed by atoms with Crippen molar-refractivity contribution in [2.45, 2.75) is 18.9 Å². The fourth-order valence-corrected chi connectivity index (χ4v) is 2.38. The number of hydrogen-bond donors (Lipinski definition) is 3. The van der Waals surface area contributed by atoms with E-state index in [4.69, 9.17) is 5.73 Å². The molecule has 7 nitrogen and oxygen atoms in total. The van der Waals surface area contributed by atoms with Gasteiger partial charge in [0, 0.05) is 12.1 Å². The van der Waals surface area contributed by atoms with Crippen LogP contribution in [0.3, 0.4) is 0 Å². The van der Waals surface area contributed by atoms with Crippen LogP contribution < -0.4 is 16.7 Å². The molecule has 0 radical (unpaired) electrons. The van der Waals surface area contributed by atoms with Gasteiger partial charge in [0.05, 0.1) is 11.0 Å². The standard InChI is InChI=1S/C12H12N4O3/c13-6-1-2-7-9(5-6)16(12(19)14-7)8-3-4-10(17)15-11(8)18/h1-2,5,8H,3-4,13H2,(H,14,19)(H,15,17,18). The lowest BCUT2D eigenvalue weighted by molar-refractivity contribution is -0.135. The molecule has 98 valence electrons. The van der Waals surface area contributed by atoms with E-state index >= 15 is 0 Å². The lowest BCUT2D eigenvalue weighted by Crippen LogP contribution is -2.43. The number of imide groups is 1. The number of nitrogens with two attached hydrogens (primary N) is 1. The van der Waals surface area contributed by atoms with E-state index in [1.165, 1.54) is 4.57 Å². The molecule has 3 rings (SSSR count). The molecule has 0 aliphatic carbocycles. The first-order valence-corrected chi connectivity index (χ1v) is 5.89. The lowest BCUT2D eigenvalue weighted by atomic mass is 10.1. The number of aromatic nitrogens is 2. The molecule has 2 aromatic rings. The first-order valence-electron chi connectivity index (χ1n) is 5.89. The third kappa shape index (κ3) is 1.79. The Bertz CT molecular complexity index is 743. The minimum absolute atomic E-state index is 0.220. The summed E-state index contributed by atoms with van der Waals surface area (Å²) in [5, 5.41) is 2.24. The number of fused-ring (bicyclic) bond motifs is 1. The van der Waals surface area contributed by atoms with Crippen LogP contribution >= 0.6 is 0 Å². The molecule has 1 aliphatic rings. The van der Waals surface area contributed by atoms with E-state index in [-0.39, 0.29) is 18.0 Å². The molecule has 1 saturated heterocycles. The molecule has 2 heterocycles. The number of piperidine rings is 1. The van der Waals surface area contributed by atoms with Gasteiger partial charge in [-0.2, -0.15) is 0 Å². The maximum Gasteiger partial charge on any atom is 0.327 e. The second-order valence-corrected chi connectivity index (χ2v) is 4.54.